The topological polar surface area (TPSA) is 21.1 Å². The summed E-state index contributed by atoms with van der Waals surface area (Å²) in [5.41, 5.74) is 1.20. The van der Waals surface area contributed by atoms with Crippen LogP contribution in [0.3, 0.4) is 0 Å². The van der Waals surface area contributed by atoms with Crippen LogP contribution in [-0.4, -0.2) is 27.5 Å². The van der Waals surface area contributed by atoms with Gasteiger partial charge in [-0.25, -0.2) is 4.98 Å². The zero-order chi connectivity index (χ0) is 9.80. The minimum Gasteiger partial charge on any atom is -0.340 e. The minimum absolute atomic E-state index is 1.03. The Kier molecular flexibility index (Phi) is 3.19. The minimum atomic E-state index is 1.03. The Hall–Kier alpha value is -0.830. The van der Waals surface area contributed by atoms with Crippen molar-refractivity contribution in [2.45, 2.75) is 32.2 Å². The summed E-state index contributed by atoms with van der Waals surface area (Å²) in [4.78, 5) is 6.88. The van der Waals surface area contributed by atoms with Crippen LogP contribution >= 0.6 is 0 Å². The van der Waals surface area contributed by atoms with Crippen molar-refractivity contribution in [1.82, 2.24) is 14.5 Å². The van der Waals surface area contributed by atoms with E-state index in [0.717, 1.165) is 6.54 Å². The van der Waals surface area contributed by atoms with Gasteiger partial charge in [0.05, 0.1) is 12.0 Å². The molecule has 2 heterocycles. The maximum atomic E-state index is 4.36. The van der Waals surface area contributed by atoms with E-state index in [0.29, 0.717) is 0 Å². The van der Waals surface area contributed by atoms with Crippen molar-refractivity contribution in [2.75, 3.05) is 13.1 Å². The summed E-state index contributed by atoms with van der Waals surface area (Å²) >= 11 is 0. The van der Waals surface area contributed by atoms with Crippen LogP contribution in [0.25, 0.3) is 0 Å². The smallest absolute Gasteiger partial charge is 0.0947 e. The molecular weight excluding hydrogens is 174 g/mol. The number of imidazole rings is 1. The first kappa shape index (κ1) is 9.71. The summed E-state index contributed by atoms with van der Waals surface area (Å²) in [6.45, 7) is 3.52. The first-order valence-electron chi connectivity index (χ1n) is 5.54. The van der Waals surface area contributed by atoms with E-state index in [1.807, 2.05) is 17.9 Å². The molecule has 0 spiro atoms. The van der Waals surface area contributed by atoms with Crippen LogP contribution in [0.15, 0.2) is 12.5 Å². The van der Waals surface area contributed by atoms with Gasteiger partial charge in [-0.3, -0.25) is 4.90 Å². The van der Waals surface area contributed by atoms with Gasteiger partial charge in [0.2, 0.25) is 0 Å². The van der Waals surface area contributed by atoms with E-state index in [1.165, 1.54) is 44.5 Å². The fourth-order valence-electron chi connectivity index (χ4n) is 2.07. The van der Waals surface area contributed by atoms with Gasteiger partial charge in [-0.05, 0) is 25.9 Å². The van der Waals surface area contributed by atoms with Gasteiger partial charge in [0.25, 0.3) is 0 Å². The van der Waals surface area contributed by atoms with Crippen molar-refractivity contribution in [2.24, 2.45) is 7.05 Å². The number of hydrogen-bond acceptors (Lipinski definition) is 2. The van der Waals surface area contributed by atoms with Gasteiger partial charge in [-0.1, -0.05) is 12.8 Å². The second-order valence-electron chi connectivity index (χ2n) is 4.22. The summed E-state index contributed by atoms with van der Waals surface area (Å²) in [6.07, 6.45) is 9.51. The molecule has 0 saturated carbocycles. The molecule has 2 rings (SSSR count). The third-order valence-electron chi connectivity index (χ3n) is 2.84. The Morgan fingerprint density at radius 1 is 1.21 bits per heavy atom. The van der Waals surface area contributed by atoms with E-state index in [-0.39, 0.29) is 0 Å². The summed E-state index contributed by atoms with van der Waals surface area (Å²) in [6, 6.07) is 0. The maximum absolute atomic E-state index is 4.36. The van der Waals surface area contributed by atoms with E-state index in [2.05, 4.69) is 16.1 Å². The van der Waals surface area contributed by atoms with Crippen LogP contribution in [0.4, 0.5) is 0 Å². The Balaban J connectivity index is 1.89. The van der Waals surface area contributed by atoms with Crippen LogP contribution in [0.1, 0.15) is 31.4 Å². The molecule has 3 heteroatoms. The van der Waals surface area contributed by atoms with E-state index < -0.39 is 0 Å². The Morgan fingerprint density at radius 2 is 1.93 bits per heavy atom. The lowest BCUT2D eigenvalue weighted by molar-refractivity contribution is 0.274. The standard InChI is InChI=1S/C11H19N3/c1-13-8-11(12-10-13)9-14-6-4-2-3-5-7-14/h8,10H,2-7,9H2,1H3. The van der Waals surface area contributed by atoms with E-state index >= 15 is 0 Å². The average Bonchev–Trinajstić information content (AvgIpc) is 2.43. The van der Waals surface area contributed by atoms with Gasteiger partial charge in [-0.2, -0.15) is 0 Å². The normalized spacial score (nSPS) is 19.5. The van der Waals surface area contributed by atoms with Crippen LogP contribution in [-0.2, 0) is 13.6 Å². The quantitative estimate of drug-likeness (QED) is 0.714. The summed E-state index contributed by atoms with van der Waals surface area (Å²) < 4.78 is 2.02. The zero-order valence-electron chi connectivity index (χ0n) is 8.95. The Morgan fingerprint density at radius 3 is 2.50 bits per heavy atom. The van der Waals surface area contributed by atoms with Gasteiger partial charge >= 0.3 is 0 Å². The van der Waals surface area contributed by atoms with Crippen LogP contribution < -0.4 is 0 Å². The molecular formula is C11H19N3. The van der Waals surface area contributed by atoms with E-state index in [4.69, 9.17) is 0 Å². The van der Waals surface area contributed by atoms with Crippen molar-refractivity contribution in [3.05, 3.63) is 18.2 Å². The molecule has 0 aromatic carbocycles. The van der Waals surface area contributed by atoms with Crippen molar-refractivity contribution >= 4 is 0 Å². The Labute approximate surface area is 85.7 Å². The molecule has 1 aliphatic heterocycles. The second-order valence-corrected chi connectivity index (χ2v) is 4.22. The zero-order valence-corrected chi connectivity index (χ0v) is 8.95. The Bertz CT molecular complexity index is 272. The fraction of sp³-hybridized carbons (Fsp3) is 0.727. The lowest BCUT2D eigenvalue weighted by Gasteiger charge is -2.17. The third kappa shape index (κ3) is 2.58. The first-order chi connectivity index (χ1) is 6.84. The second kappa shape index (κ2) is 4.60. The van der Waals surface area contributed by atoms with Crippen LogP contribution in [0, 0.1) is 0 Å². The molecule has 1 aromatic rings. The molecule has 0 unspecified atom stereocenters. The molecule has 0 radical (unpaired) electrons. The average molecular weight is 193 g/mol. The lowest BCUT2D eigenvalue weighted by Crippen LogP contribution is -2.24. The summed E-state index contributed by atoms with van der Waals surface area (Å²) in [5, 5.41) is 0. The van der Waals surface area contributed by atoms with Gasteiger partial charge in [-0.15, -0.1) is 0 Å². The van der Waals surface area contributed by atoms with Crippen LogP contribution in [0.2, 0.25) is 0 Å². The number of rotatable bonds is 2. The van der Waals surface area contributed by atoms with Gasteiger partial charge in [0.1, 0.15) is 0 Å². The highest BCUT2D eigenvalue weighted by Gasteiger charge is 2.10. The molecule has 0 atom stereocenters. The van der Waals surface area contributed by atoms with Gasteiger partial charge in [0, 0.05) is 19.8 Å². The molecule has 1 saturated heterocycles. The highest BCUT2D eigenvalue weighted by atomic mass is 15.1. The molecule has 14 heavy (non-hydrogen) atoms. The maximum Gasteiger partial charge on any atom is 0.0947 e. The molecule has 1 fully saturated rings. The van der Waals surface area contributed by atoms with E-state index in [9.17, 15) is 0 Å². The predicted octanol–water partition coefficient (Wildman–Crippen LogP) is 1.80. The van der Waals surface area contributed by atoms with Gasteiger partial charge < -0.3 is 4.57 Å². The van der Waals surface area contributed by atoms with Crippen LogP contribution in [0.5, 0.6) is 0 Å². The molecule has 0 bridgehead atoms. The lowest BCUT2D eigenvalue weighted by atomic mass is 10.2. The highest BCUT2D eigenvalue weighted by Crippen LogP contribution is 2.11. The molecule has 1 aromatic heterocycles. The van der Waals surface area contributed by atoms with Crippen molar-refractivity contribution < 1.29 is 0 Å². The first-order valence-corrected chi connectivity index (χ1v) is 5.54. The molecule has 3 nitrogen and oxygen atoms in total. The summed E-state index contributed by atoms with van der Waals surface area (Å²) in [5.74, 6) is 0. The van der Waals surface area contributed by atoms with Crippen molar-refractivity contribution in [1.29, 1.82) is 0 Å². The number of likely N-dealkylation sites (tertiary alicyclic amines) is 1. The number of aryl methyl sites for hydroxylation is 1. The molecule has 0 aliphatic carbocycles. The third-order valence-corrected chi connectivity index (χ3v) is 2.84. The number of aromatic nitrogens is 2. The molecule has 0 N–H and O–H groups in total. The summed E-state index contributed by atoms with van der Waals surface area (Å²) in [7, 11) is 2.03. The van der Waals surface area contributed by atoms with Crippen molar-refractivity contribution in [3.63, 3.8) is 0 Å². The monoisotopic (exact) mass is 193 g/mol. The number of hydrogen-bond donors (Lipinski definition) is 0. The van der Waals surface area contributed by atoms with E-state index in [1.54, 1.807) is 0 Å². The molecule has 1 aliphatic rings. The van der Waals surface area contributed by atoms with Gasteiger partial charge in [0.15, 0.2) is 0 Å². The predicted molar refractivity (Wildman–Crippen MR) is 57.0 cm³/mol. The highest BCUT2D eigenvalue weighted by molar-refractivity contribution is 4.95. The molecule has 78 valence electrons. The SMILES string of the molecule is Cn1cnc(CN2CCCCCC2)c1. The number of nitrogens with zero attached hydrogens (tertiary/aromatic N) is 3. The molecule has 0 amide bonds. The largest absolute Gasteiger partial charge is 0.340 e. The van der Waals surface area contributed by atoms with Crippen molar-refractivity contribution in [3.8, 4) is 0 Å². The fourth-order valence-corrected chi connectivity index (χ4v) is 2.07.